The molecule has 0 amide bonds. The van der Waals surface area contributed by atoms with E-state index in [0.29, 0.717) is 59.7 Å². The van der Waals surface area contributed by atoms with Crippen LogP contribution in [-0.2, 0) is 35.0 Å². The summed E-state index contributed by atoms with van der Waals surface area (Å²) in [5.41, 5.74) is 1.95. The molecule has 1 aromatic rings. The molecule has 2 spiro atoms. The number of hydrogen-bond donors (Lipinski definition) is 2. The van der Waals surface area contributed by atoms with Gasteiger partial charge in [-0.25, -0.2) is 4.98 Å². The van der Waals surface area contributed by atoms with Gasteiger partial charge in [-0.15, -0.1) is 0 Å². The topological polar surface area (TPSA) is 131 Å². The normalized spacial score (nSPS) is 45.6. The molecule has 7 fully saturated rings. The van der Waals surface area contributed by atoms with Gasteiger partial charge in [0.1, 0.15) is 5.78 Å². The minimum Gasteiger partial charge on any atom is -0.390 e. The number of aliphatic hydroxyl groups is 1. The number of Topliss-reactive ketones (excluding diaryl/α,β-unsaturated/α-hetero) is 1. The number of H-pyrrole nitrogens is 1. The highest BCUT2D eigenvalue weighted by molar-refractivity contribution is 5.78. The molecular weight excluding hydrogens is 658 g/mol. The molecule has 3 heterocycles. The van der Waals surface area contributed by atoms with Gasteiger partial charge in [0.15, 0.2) is 6.29 Å². The van der Waals surface area contributed by atoms with Gasteiger partial charge in [-0.2, -0.15) is 9.59 Å². The summed E-state index contributed by atoms with van der Waals surface area (Å²) in [6.45, 7) is 17.7. The number of aromatic nitrogens is 2. The average molecular weight is 726 g/mol. The number of nitrogens with zero attached hydrogens (tertiary/aromatic N) is 2. The highest BCUT2D eigenvalue weighted by Gasteiger charge is 2.84. The summed E-state index contributed by atoms with van der Waals surface area (Å²) in [5, 5.41) is 12.3. The Morgan fingerprint density at radius 1 is 1.08 bits per heavy atom. The number of ether oxygens (including phenoxy) is 3. The van der Waals surface area contributed by atoms with Crippen molar-refractivity contribution in [3.05, 3.63) is 18.2 Å². The van der Waals surface area contributed by atoms with E-state index in [2.05, 4.69) is 56.4 Å². The summed E-state index contributed by atoms with van der Waals surface area (Å²) in [7, 11) is 0. The maximum Gasteiger partial charge on any atom is 0.373 e. The van der Waals surface area contributed by atoms with E-state index >= 15 is 0 Å². The maximum atomic E-state index is 12.6. The molecule has 10 nitrogen and oxygen atoms in total. The Balaban J connectivity index is 0.00000112. The van der Waals surface area contributed by atoms with Crippen molar-refractivity contribution in [1.29, 1.82) is 0 Å². The van der Waals surface area contributed by atoms with Gasteiger partial charge in [-0.1, -0.05) is 42.0 Å². The first-order valence-electron chi connectivity index (χ1n) is 20.1. The summed E-state index contributed by atoms with van der Waals surface area (Å²) >= 11 is 0. The van der Waals surface area contributed by atoms with Crippen LogP contribution in [-0.4, -0.2) is 88.9 Å². The first-order valence-corrected chi connectivity index (χ1v) is 20.1. The van der Waals surface area contributed by atoms with Crippen molar-refractivity contribution < 1.29 is 33.7 Å². The molecule has 2 N–H and O–H groups in total. The highest BCUT2D eigenvalue weighted by atomic mass is 16.7. The number of imidazole rings is 1. The van der Waals surface area contributed by atoms with E-state index in [4.69, 9.17) is 23.8 Å². The average Bonchev–Trinajstić information content (AvgIpc) is 3.35. The van der Waals surface area contributed by atoms with Gasteiger partial charge in [0.25, 0.3) is 0 Å². The number of aromatic amines is 1. The lowest BCUT2D eigenvalue weighted by molar-refractivity contribution is -0.248. The van der Waals surface area contributed by atoms with Crippen LogP contribution in [0, 0.1) is 50.7 Å². The van der Waals surface area contributed by atoms with Crippen LogP contribution in [0.15, 0.2) is 12.5 Å². The number of carbonyl (C=O) groups excluding carboxylic acids is 3. The van der Waals surface area contributed by atoms with Crippen LogP contribution in [0.4, 0.5) is 0 Å². The molecule has 0 aromatic carbocycles. The number of hydrogen-bond acceptors (Lipinski definition) is 9. The van der Waals surface area contributed by atoms with E-state index in [1.165, 1.54) is 38.5 Å². The number of morpholine rings is 1. The Kier molecular flexibility index (Phi) is 11.2. The van der Waals surface area contributed by atoms with Gasteiger partial charge in [0.05, 0.1) is 37.4 Å². The smallest absolute Gasteiger partial charge is 0.373 e. The number of ketones is 1. The van der Waals surface area contributed by atoms with E-state index in [1.807, 2.05) is 6.20 Å². The number of fused-ring (bicyclic) bond motifs is 4. The molecule has 292 valence electrons. The molecule has 2 saturated heterocycles. The summed E-state index contributed by atoms with van der Waals surface area (Å²) in [6, 6.07) is 0. The van der Waals surface area contributed by atoms with Crippen LogP contribution >= 0.6 is 0 Å². The van der Waals surface area contributed by atoms with Crippen molar-refractivity contribution in [2.24, 2.45) is 50.7 Å². The first kappa shape index (κ1) is 39.7. The predicted octanol–water partition coefficient (Wildman–Crippen LogP) is 6.62. The van der Waals surface area contributed by atoms with E-state index in [0.717, 1.165) is 51.0 Å². The second-order valence-electron chi connectivity index (χ2n) is 18.9. The van der Waals surface area contributed by atoms with E-state index in [9.17, 15) is 9.90 Å². The summed E-state index contributed by atoms with van der Waals surface area (Å²) < 4.78 is 19.8. The number of carbonyl (C=O) groups is 1. The lowest BCUT2D eigenvalue weighted by Crippen LogP contribution is -2.60. The molecule has 10 heteroatoms. The number of nitrogens with one attached hydrogen (secondary N) is 1. The zero-order chi connectivity index (χ0) is 36.4. The quantitative estimate of drug-likeness (QED) is 0.288. The van der Waals surface area contributed by atoms with Crippen LogP contribution in [0.2, 0.25) is 0 Å². The number of aryl methyl sites for hydroxylation is 1. The fourth-order valence-electron chi connectivity index (χ4n) is 14.2. The summed E-state index contributed by atoms with van der Waals surface area (Å²) in [6.07, 6.45) is 16.3. The molecule has 2 aliphatic heterocycles. The van der Waals surface area contributed by atoms with E-state index < -0.39 is 0 Å². The van der Waals surface area contributed by atoms with Crippen LogP contribution in [0.25, 0.3) is 0 Å². The van der Waals surface area contributed by atoms with Crippen LogP contribution in [0.1, 0.15) is 125 Å². The SMILES string of the molecule is C.CC1C[C@@H](C)[C@H]2C(O1)[C@H](O)[C@@]1(C)C3CC[C@H]4C(C)(C)C(O[C@H]5CN(CCC(=O)CCCc6cnc[nH]6)CCO5)CC[C@@]45C[C@@]35CC[C@]21C.O=C=O. The fraction of sp³-hybridized carbons (Fsp3) is 0.881. The maximum absolute atomic E-state index is 12.6. The highest BCUT2D eigenvalue weighted by Crippen LogP contribution is 2.89. The standard InChI is InChI=1S/C40H63N3O5.CO2.CH4/c1-25-20-26(2)47-34-33(25)37(5)15-16-40-23-39(40)14-12-31(36(3,4)29(39)10-11-30(40)38(37,6)35(34)45)48-32-22-43(18-19-46-32)17-13-28(44)9-7-8-27-21-41-24-42-27;2-1-3;/h21,24-26,29-35,45H,7-20,22-23H2,1-6H3,(H,41,42);;1H4/t25-,26?,29+,30?,31?,32+,33+,34?,35+,37-,38-,39-,40+;;/m1../s1. The first-order chi connectivity index (χ1) is 24.3. The van der Waals surface area contributed by atoms with Crippen molar-refractivity contribution in [2.45, 2.75) is 157 Å². The third-order valence-corrected chi connectivity index (χ3v) is 16.5. The van der Waals surface area contributed by atoms with Crippen molar-refractivity contribution in [1.82, 2.24) is 14.9 Å². The van der Waals surface area contributed by atoms with Crippen LogP contribution < -0.4 is 0 Å². The largest absolute Gasteiger partial charge is 0.390 e. The van der Waals surface area contributed by atoms with Gasteiger partial charge in [0, 0.05) is 49.8 Å². The molecule has 52 heavy (non-hydrogen) atoms. The third kappa shape index (κ3) is 6.10. The van der Waals surface area contributed by atoms with Crippen molar-refractivity contribution >= 4 is 11.9 Å². The minimum absolute atomic E-state index is 0. The second-order valence-corrected chi connectivity index (χ2v) is 18.9. The zero-order valence-electron chi connectivity index (χ0n) is 32.0. The molecule has 7 aliphatic rings. The molecule has 4 unspecified atom stereocenters. The summed E-state index contributed by atoms with van der Waals surface area (Å²) in [4.78, 5) is 38.4. The second kappa shape index (κ2) is 14.6. The van der Waals surface area contributed by atoms with E-state index in [1.54, 1.807) is 6.33 Å². The molecule has 0 bridgehead atoms. The molecular formula is C42H67N3O7. The molecule has 8 rings (SSSR count). The van der Waals surface area contributed by atoms with E-state index in [-0.39, 0.29) is 60.5 Å². The summed E-state index contributed by atoms with van der Waals surface area (Å²) in [5.74, 6) is 2.61. The Hall–Kier alpha value is -1.94. The van der Waals surface area contributed by atoms with Crippen LogP contribution in [0.5, 0.6) is 0 Å². The molecule has 13 atom stereocenters. The van der Waals surface area contributed by atoms with Gasteiger partial charge >= 0.3 is 6.15 Å². The Morgan fingerprint density at radius 3 is 2.54 bits per heavy atom. The van der Waals surface area contributed by atoms with Gasteiger partial charge in [0.2, 0.25) is 0 Å². The predicted molar refractivity (Wildman–Crippen MR) is 196 cm³/mol. The molecule has 0 radical (unpaired) electrons. The number of aliphatic hydroxyl groups excluding tert-OH is 1. The van der Waals surface area contributed by atoms with Gasteiger partial charge < -0.3 is 24.3 Å². The zero-order valence-corrected chi connectivity index (χ0v) is 32.0. The Morgan fingerprint density at radius 2 is 1.81 bits per heavy atom. The van der Waals surface area contributed by atoms with Crippen molar-refractivity contribution in [3.63, 3.8) is 0 Å². The third-order valence-electron chi connectivity index (χ3n) is 16.5. The monoisotopic (exact) mass is 725 g/mol. The van der Waals surface area contributed by atoms with Crippen LogP contribution in [0.3, 0.4) is 0 Å². The van der Waals surface area contributed by atoms with Crippen molar-refractivity contribution in [3.8, 4) is 0 Å². The lowest BCUT2D eigenvalue weighted by atomic mass is 9.41. The minimum atomic E-state index is -0.370. The van der Waals surface area contributed by atoms with Gasteiger partial charge in [-0.05, 0) is 116 Å². The van der Waals surface area contributed by atoms with Crippen molar-refractivity contribution in [2.75, 3.05) is 26.2 Å². The fourth-order valence-corrected chi connectivity index (χ4v) is 14.2. The molecule has 5 saturated carbocycles. The molecule has 5 aliphatic carbocycles. The lowest BCUT2D eigenvalue weighted by Gasteiger charge is -2.64. The Bertz CT molecular complexity index is 1450. The number of rotatable bonds is 9. The van der Waals surface area contributed by atoms with Gasteiger partial charge in [-0.3, -0.25) is 9.69 Å². The Labute approximate surface area is 311 Å². The molecule has 1 aromatic heterocycles.